The van der Waals surface area contributed by atoms with Crippen molar-refractivity contribution >= 4 is 11.8 Å². The molecule has 1 aromatic rings. The number of carboxylic acid groups (broad SMARTS) is 1. The highest BCUT2D eigenvalue weighted by molar-refractivity contribution is 5.96. The maximum atomic E-state index is 12.7. The van der Waals surface area contributed by atoms with E-state index in [1.54, 1.807) is 24.3 Å². The number of carbonyl (C=O) groups excluding carboxylic acids is 1. The predicted molar refractivity (Wildman–Crippen MR) is 80.8 cm³/mol. The molecule has 0 radical (unpaired) electrons. The number of hydrogen-bond donors (Lipinski definition) is 1. The minimum Gasteiger partial charge on any atom is -0.481 e. The number of aryl methyl sites for hydroxylation is 1. The standard InChI is InChI=1S/C17H19F5O3/c18-16(19,17(20,21)22)11-2-1-5-14(23)13-9-7-12(8-10-13)4-3-6-15(24)25/h7-10H,1-6,11H2,(H,24,25). The minimum atomic E-state index is -5.56. The number of alkyl halides is 5. The Morgan fingerprint density at radius 2 is 1.48 bits per heavy atom. The molecule has 140 valence electrons. The summed E-state index contributed by atoms with van der Waals surface area (Å²) in [6.07, 6.45) is -6.38. The fraction of sp³-hybridized carbons (Fsp3) is 0.529. The number of aliphatic carboxylic acids is 1. The second-order valence-corrected chi connectivity index (χ2v) is 5.78. The van der Waals surface area contributed by atoms with Gasteiger partial charge < -0.3 is 5.11 Å². The molecule has 0 atom stereocenters. The molecule has 0 aliphatic carbocycles. The second kappa shape index (κ2) is 8.92. The van der Waals surface area contributed by atoms with E-state index >= 15 is 0 Å². The number of carbonyl (C=O) groups is 2. The SMILES string of the molecule is O=C(O)CCCc1ccc(C(=O)CCCCC(F)(F)C(F)(F)F)cc1. The van der Waals surface area contributed by atoms with Gasteiger partial charge in [0.25, 0.3) is 0 Å². The monoisotopic (exact) mass is 366 g/mol. The van der Waals surface area contributed by atoms with Crippen LogP contribution in [0.25, 0.3) is 0 Å². The third-order valence-corrected chi connectivity index (χ3v) is 3.69. The smallest absolute Gasteiger partial charge is 0.453 e. The lowest BCUT2D eigenvalue weighted by Gasteiger charge is -2.19. The molecule has 0 fully saturated rings. The average molecular weight is 366 g/mol. The number of hydrogen-bond acceptors (Lipinski definition) is 2. The highest BCUT2D eigenvalue weighted by Gasteiger charge is 2.56. The van der Waals surface area contributed by atoms with Crippen LogP contribution in [0.15, 0.2) is 24.3 Å². The summed E-state index contributed by atoms with van der Waals surface area (Å²) in [5.41, 5.74) is 1.21. The Morgan fingerprint density at radius 1 is 0.880 bits per heavy atom. The Kier molecular flexibility index (Phi) is 7.51. The number of ketones is 1. The molecule has 0 saturated heterocycles. The number of unbranched alkanes of at least 4 members (excludes halogenated alkanes) is 1. The molecule has 1 aromatic carbocycles. The van der Waals surface area contributed by atoms with E-state index in [0.29, 0.717) is 18.4 Å². The largest absolute Gasteiger partial charge is 0.481 e. The molecular formula is C17H19F5O3. The van der Waals surface area contributed by atoms with Crippen LogP contribution < -0.4 is 0 Å². The van der Waals surface area contributed by atoms with Gasteiger partial charge in [-0.1, -0.05) is 24.3 Å². The van der Waals surface area contributed by atoms with Gasteiger partial charge >= 0.3 is 18.1 Å². The topological polar surface area (TPSA) is 54.4 Å². The third kappa shape index (κ3) is 7.19. The molecule has 1 N–H and O–H groups in total. The van der Waals surface area contributed by atoms with Crippen molar-refractivity contribution in [2.24, 2.45) is 0 Å². The normalized spacial score (nSPS) is 12.2. The molecule has 25 heavy (non-hydrogen) atoms. The molecule has 0 unspecified atom stereocenters. The Labute approximate surface area is 141 Å². The highest BCUT2D eigenvalue weighted by atomic mass is 19.4. The van der Waals surface area contributed by atoms with Gasteiger partial charge in [-0.3, -0.25) is 9.59 Å². The van der Waals surface area contributed by atoms with E-state index in [1.807, 2.05) is 0 Å². The molecule has 0 aliphatic heterocycles. The molecule has 0 spiro atoms. The zero-order valence-corrected chi connectivity index (χ0v) is 13.4. The highest BCUT2D eigenvalue weighted by Crippen LogP contribution is 2.39. The minimum absolute atomic E-state index is 0.0449. The van der Waals surface area contributed by atoms with E-state index in [4.69, 9.17) is 5.11 Å². The van der Waals surface area contributed by atoms with E-state index in [-0.39, 0.29) is 25.0 Å². The number of benzene rings is 1. The van der Waals surface area contributed by atoms with E-state index < -0.39 is 30.9 Å². The first-order valence-corrected chi connectivity index (χ1v) is 7.81. The molecule has 0 heterocycles. The Hall–Kier alpha value is -1.99. The molecule has 3 nitrogen and oxygen atoms in total. The first-order chi connectivity index (χ1) is 11.5. The average Bonchev–Trinajstić information content (AvgIpc) is 2.50. The van der Waals surface area contributed by atoms with E-state index in [9.17, 15) is 31.5 Å². The van der Waals surface area contributed by atoms with Crippen LogP contribution in [-0.4, -0.2) is 29.0 Å². The first-order valence-electron chi connectivity index (χ1n) is 7.81. The zero-order chi connectivity index (χ0) is 19.1. The second-order valence-electron chi connectivity index (χ2n) is 5.78. The molecule has 0 aliphatic rings. The van der Waals surface area contributed by atoms with Gasteiger partial charge in [0.05, 0.1) is 0 Å². The number of halogens is 5. The van der Waals surface area contributed by atoms with Gasteiger partial charge in [-0.25, -0.2) is 0 Å². The molecular weight excluding hydrogens is 347 g/mol. The summed E-state index contributed by atoms with van der Waals surface area (Å²) in [4.78, 5) is 22.3. The molecule has 0 aromatic heterocycles. The predicted octanol–water partition coefficient (Wildman–Crippen LogP) is 5.03. The Morgan fingerprint density at radius 3 is 2.00 bits per heavy atom. The third-order valence-electron chi connectivity index (χ3n) is 3.69. The van der Waals surface area contributed by atoms with Crippen molar-refractivity contribution in [2.75, 3.05) is 0 Å². The molecule has 8 heteroatoms. The van der Waals surface area contributed by atoms with Crippen molar-refractivity contribution in [1.82, 2.24) is 0 Å². The first kappa shape index (κ1) is 21.1. The summed E-state index contributed by atoms with van der Waals surface area (Å²) in [7, 11) is 0. The van der Waals surface area contributed by atoms with Crippen LogP contribution in [0.3, 0.4) is 0 Å². The van der Waals surface area contributed by atoms with Gasteiger partial charge in [-0.15, -0.1) is 0 Å². The van der Waals surface area contributed by atoms with Crippen molar-refractivity contribution in [2.45, 2.75) is 57.0 Å². The number of carboxylic acids is 1. The molecule has 0 saturated carbocycles. The molecule has 0 bridgehead atoms. The van der Waals surface area contributed by atoms with Crippen LogP contribution in [0.5, 0.6) is 0 Å². The number of Topliss-reactive ketones (excluding diaryl/α,β-unsaturated/α-hetero) is 1. The lowest BCUT2D eigenvalue weighted by molar-refractivity contribution is -0.284. The quantitative estimate of drug-likeness (QED) is 0.359. The van der Waals surface area contributed by atoms with Crippen LogP contribution in [0, 0.1) is 0 Å². The zero-order valence-electron chi connectivity index (χ0n) is 13.4. The van der Waals surface area contributed by atoms with E-state index in [2.05, 4.69) is 0 Å². The van der Waals surface area contributed by atoms with Crippen LogP contribution >= 0.6 is 0 Å². The summed E-state index contributed by atoms with van der Waals surface area (Å²) in [6.45, 7) is 0. The maximum Gasteiger partial charge on any atom is 0.453 e. The van der Waals surface area contributed by atoms with Gasteiger partial charge in [0.2, 0.25) is 0 Å². The van der Waals surface area contributed by atoms with Crippen molar-refractivity contribution in [3.63, 3.8) is 0 Å². The van der Waals surface area contributed by atoms with Gasteiger partial charge in [-0.2, -0.15) is 22.0 Å². The summed E-state index contributed by atoms with van der Waals surface area (Å²) in [5.74, 6) is -5.94. The molecule has 1 rings (SSSR count). The van der Waals surface area contributed by atoms with Gasteiger partial charge in [-0.05, 0) is 31.2 Å². The fourth-order valence-corrected chi connectivity index (χ4v) is 2.22. The van der Waals surface area contributed by atoms with E-state index in [1.165, 1.54) is 0 Å². The summed E-state index contributed by atoms with van der Waals surface area (Å²) in [5, 5.41) is 8.55. The van der Waals surface area contributed by atoms with E-state index in [0.717, 1.165) is 5.56 Å². The lowest BCUT2D eigenvalue weighted by atomic mass is 10.0. The fourth-order valence-electron chi connectivity index (χ4n) is 2.22. The summed E-state index contributed by atoms with van der Waals surface area (Å²) >= 11 is 0. The van der Waals surface area contributed by atoms with Crippen molar-refractivity contribution in [3.05, 3.63) is 35.4 Å². The van der Waals surface area contributed by atoms with Crippen molar-refractivity contribution < 1.29 is 36.6 Å². The van der Waals surface area contributed by atoms with Gasteiger partial charge in [0, 0.05) is 24.8 Å². The maximum absolute atomic E-state index is 12.7. The Balaban J connectivity index is 2.39. The lowest BCUT2D eigenvalue weighted by Crippen LogP contribution is -2.36. The summed E-state index contributed by atoms with van der Waals surface area (Å²) < 4.78 is 61.5. The van der Waals surface area contributed by atoms with Crippen molar-refractivity contribution in [3.8, 4) is 0 Å². The van der Waals surface area contributed by atoms with Crippen molar-refractivity contribution in [1.29, 1.82) is 0 Å². The Bertz CT molecular complexity index is 579. The number of rotatable bonds is 10. The van der Waals surface area contributed by atoms with Crippen LogP contribution in [-0.2, 0) is 11.2 Å². The van der Waals surface area contributed by atoms with Crippen LogP contribution in [0.2, 0.25) is 0 Å². The van der Waals surface area contributed by atoms with Crippen LogP contribution in [0.4, 0.5) is 22.0 Å². The van der Waals surface area contributed by atoms with Crippen LogP contribution in [0.1, 0.15) is 54.4 Å². The van der Waals surface area contributed by atoms with Gasteiger partial charge in [0.1, 0.15) is 0 Å². The van der Waals surface area contributed by atoms with Gasteiger partial charge in [0.15, 0.2) is 5.78 Å². The molecule has 0 amide bonds. The summed E-state index contributed by atoms with van der Waals surface area (Å²) in [6, 6.07) is 6.44.